The van der Waals surface area contributed by atoms with E-state index in [1.165, 1.54) is 0 Å². The van der Waals surface area contributed by atoms with Crippen molar-refractivity contribution in [2.45, 2.75) is 19.8 Å². The van der Waals surface area contributed by atoms with E-state index >= 15 is 0 Å². The van der Waals surface area contributed by atoms with Gasteiger partial charge in [-0.1, -0.05) is 19.1 Å². The van der Waals surface area contributed by atoms with Crippen LogP contribution in [0.1, 0.15) is 29.3 Å². The number of nitrogens with one attached hydrogen (secondary N) is 1. The average Bonchev–Trinajstić information content (AvgIpc) is 3.25. The molecule has 1 aromatic heterocycles. The van der Waals surface area contributed by atoms with Gasteiger partial charge in [0.2, 0.25) is 5.91 Å². The quantitative estimate of drug-likeness (QED) is 0.801. The van der Waals surface area contributed by atoms with E-state index in [1.54, 1.807) is 22.0 Å². The molecule has 25 heavy (non-hydrogen) atoms. The number of carbonyl (C=O) groups is 2. The number of fused-ring (bicyclic) bond motifs is 2. The molecule has 1 N–H and O–H groups in total. The second-order valence-electron chi connectivity index (χ2n) is 6.04. The number of benzene rings is 2. The van der Waals surface area contributed by atoms with Gasteiger partial charge in [0.05, 0.1) is 11.0 Å². The Bertz CT molecular complexity index is 976. The fraction of sp³-hybridized carbons (Fsp3) is 0.211. The van der Waals surface area contributed by atoms with Crippen molar-refractivity contribution in [3.05, 3.63) is 59.9 Å². The monoisotopic (exact) mass is 334 g/mol. The molecule has 0 bridgehead atoms. The third kappa shape index (κ3) is 2.65. The summed E-state index contributed by atoms with van der Waals surface area (Å²) in [6.45, 7) is 2.54. The summed E-state index contributed by atoms with van der Waals surface area (Å²) in [5, 5.41) is 0. The second kappa shape index (κ2) is 6.05. The maximum Gasteiger partial charge on any atom is 0.270 e. The van der Waals surface area contributed by atoms with Gasteiger partial charge in [-0.15, -0.1) is 0 Å². The summed E-state index contributed by atoms with van der Waals surface area (Å²) in [4.78, 5) is 30.6. The molecule has 0 aliphatic carbocycles. The topological polar surface area (TPSA) is 67.2 Å². The molecule has 0 saturated carbocycles. The Morgan fingerprint density at radius 2 is 2.04 bits per heavy atom. The van der Waals surface area contributed by atoms with Crippen molar-refractivity contribution in [3.8, 4) is 0 Å². The molecule has 6 nitrogen and oxygen atoms in total. The van der Waals surface area contributed by atoms with Gasteiger partial charge >= 0.3 is 0 Å². The number of para-hydroxylation sites is 2. The first-order valence-electron chi connectivity index (χ1n) is 8.34. The largest absolute Gasteiger partial charge is 0.312 e. The first-order chi connectivity index (χ1) is 12.2. The zero-order valence-electron chi connectivity index (χ0n) is 13.9. The Morgan fingerprint density at radius 1 is 1.20 bits per heavy atom. The van der Waals surface area contributed by atoms with Crippen LogP contribution < -0.4 is 10.3 Å². The molecule has 3 aromatic rings. The highest BCUT2D eigenvalue weighted by molar-refractivity contribution is 6.02. The number of hydrogen-bond acceptors (Lipinski definition) is 3. The lowest BCUT2D eigenvalue weighted by molar-refractivity contribution is -0.118. The van der Waals surface area contributed by atoms with Crippen molar-refractivity contribution in [2.24, 2.45) is 0 Å². The molecule has 0 spiro atoms. The standard InChI is InChI=1S/C19H18N4O2/c1-2-18(24)22-10-9-13-11-14(7-8-16(13)22)19(25)21-23-12-20-15-5-3-4-6-17(15)23/h3-8,11-12H,2,9-10H2,1H3,(H,21,25). The number of nitrogens with zero attached hydrogens (tertiary/aromatic N) is 3. The van der Waals surface area contributed by atoms with Gasteiger partial charge in [0, 0.05) is 24.2 Å². The van der Waals surface area contributed by atoms with E-state index < -0.39 is 0 Å². The minimum absolute atomic E-state index is 0.112. The first-order valence-corrected chi connectivity index (χ1v) is 8.34. The molecule has 1 aliphatic rings. The zero-order valence-corrected chi connectivity index (χ0v) is 13.9. The van der Waals surface area contributed by atoms with Crippen LogP contribution >= 0.6 is 0 Å². The van der Waals surface area contributed by atoms with Gasteiger partial charge in [-0.25, -0.2) is 9.66 Å². The summed E-state index contributed by atoms with van der Waals surface area (Å²) < 4.78 is 1.62. The molecule has 1 aliphatic heterocycles. The van der Waals surface area contributed by atoms with Crippen LogP contribution in [0.3, 0.4) is 0 Å². The smallest absolute Gasteiger partial charge is 0.270 e. The average molecular weight is 334 g/mol. The second-order valence-corrected chi connectivity index (χ2v) is 6.04. The molecule has 2 heterocycles. The summed E-state index contributed by atoms with van der Waals surface area (Å²) in [6.07, 6.45) is 2.85. The van der Waals surface area contributed by atoms with Gasteiger partial charge < -0.3 is 4.90 Å². The number of imidazole rings is 1. The predicted octanol–water partition coefficient (Wildman–Crippen LogP) is 2.72. The van der Waals surface area contributed by atoms with Crippen molar-refractivity contribution in [2.75, 3.05) is 16.9 Å². The van der Waals surface area contributed by atoms with Crippen LogP contribution in [0, 0.1) is 0 Å². The van der Waals surface area contributed by atoms with Crippen molar-refractivity contribution < 1.29 is 9.59 Å². The maximum absolute atomic E-state index is 12.6. The van der Waals surface area contributed by atoms with Crippen molar-refractivity contribution in [3.63, 3.8) is 0 Å². The predicted molar refractivity (Wildman–Crippen MR) is 96.2 cm³/mol. The summed E-state index contributed by atoms with van der Waals surface area (Å²) in [5.41, 5.74) is 7.04. The van der Waals surface area contributed by atoms with Gasteiger partial charge in [0.25, 0.3) is 5.91 Å². The van der Waals surface area contributed by atoms with Crippen LogP contribution in [0.25, 0.3) is 11.0 Å². The first kappa shape index (κ1) is 15.4. The summed E-state index contributed by atoms with van der Waals surface area (Å²) in [6, 6.07) is 13.1. The molecule has 0 fully saturated rings. The number of amides is 2. The van der Waals surface area contributed by atoms with E-state index in [4.69, 9.17) is 0 Å². The highest BCUT2D eigenvalue weighted by Crippen LogP contribution is 2.29. The van der Waals surface area contributed by atoms with Crippen LogP contribution in [0.15, 0.2) is 48.8 Å². The third-order valence-electron chi connectivity index (χ3n) is 4.52. The lowest BCUT2D eigenvalue weighted by atomic mass is 10.1. The highest BCUT2D eigenvalue weighted by Gasteiger charge is 2.24. The van der Waals surface area contributed by atoms with Crippen LogP contribution in [-0.4, -0.2) is 28.0 Å². The molecule has 2 aromatic carbocycles. The molecule has 0 unspecified atom stereocenters. The normalized spacial score (nSPS) is 13.1. The molecular weight excluding hydrogens is 316 g/mol. The number of anilines is 1. The zero-order chi connectivity index (χ0) is 17.4. The fourth-order valence-electron chi connectivity index (χ4n) is 3.22. The Hall–Kier alpha value is -3.15. The molecule has 2 amide bonds. The van der Waals surface area contributed by atoms with Gasteiger partial charge in [0.1, 0.15) is 6.33 Å². The lowest BCUT2D eigenvalue weighted by Crippen LogP contribution is -2.27. The van der Waals surface area contributed by atoms with Crippen molar-refractivity contribution >= 4 is 28.5 Å². The van der Waals surface area contributed by atoms with Gasteiger partial charge in [-0.3, -0.25) is 15.0 Å². The maximum atomic E-state index is 12.6. The molecule has 4 rings (SSSR count). The fourth-order valence-corrected chi connectivity index (χ4v) is 3.22. The molecule has 0 saturated heterocycles. The lowest BCUT2D eigenvalue weighted by Gasteiger charge is -2.16. The molecule has 6 heteroatoms. The molecule has 0 radical (unpaired) electrons. The van der Waals surface area contributed by atoms with E-state index in [9.17, 15) is 9.59 Å². The number of hydrogen-bond donors (Lipinski definition) is 1. The minimum Gasteiger partial charge on any atom is -0.312 e. The summed E-state index contributed by atoms with van der Waals surface area (Å²) in [5.74, 6) is -0.0907. The molecule has 0 atom stereocenters. The van der Waals surface area contributed by atoms with Crippen LogP contribution in [-0.2, 0) is 11.2 Å². The van der Waals surface area contributed by atoms with Crippen LogP contribution in [0.4, 0.5) is 5.69 Å². The van der Waals surface area contributed by atoms with Crippen molar-refractivity contribution in [1.29, 1.82) is 0 Å². The number of carbonyl (C=O) groups excluding carboxylic acids is 2. The Labute approximate surface area is 145 Å². The van der Waals surface area contributed by atoms with E-state index in [0.717, 1.165) is 28.7 Å². The van der Waals surface area contributed by atoms with Crippen LogP contribution in [0.2, 0.25) is 0 Å². The SMILES string of the molecule is CCC(=O)N1CCc2cc(C(=O)Nn3cnc4ccccc43)ccc21. The Kier molecular flexibility index (Phi) is 3.72. The minimum atomic E-state index is -0.203. The van der Waals surface area contributed by atoms with E-state index in [0.29, 0.717) is 18.5 Å². The molecular formula is C19H18N4O2. The summed E-state index contributed by atoms with van der Waals surface area (Å²) >= 11 is 0. The highest BCUT2D eigenvalue weighted by atomic mass is 16.2. The van der Waals surface area contributed by atoms with Crippen LogP contribution in [0.5, 0.6) is 0 Å². The van der Waals surface area contributed by atoms with Gasteiger partial charge in [-0.2, -0.15) is 0 Å². The number of rotatable bonds is 3. The van der Waals surface area contributed by atoms with Gasteiger partial charge in [-0.05, 0) is 42.3 Å². The number of aromatic nitrogens is 2. The van der Waals surface area contributed by atoms with E-state index in [1.807, 2.05) is 43.3 Å². The van der Waals surface area contributed by atoms with E-state index in [2.05, 4.69) is 10.4 Å². The Morgan fingerprint density at radius 3 is 2.88 bits per heavy atom. The van der Waals surface area contributed by atoms with Crippen molar-refractivity contribution in [1.82, 2.24) is 9.66 Å². The molecule has 126 valence electrons. The van der Waals surface area contributed by atoms with E-state index in [-0.39, 0.29) is 11.8 Å². The summed E-state index contributed by atoms with van der Waals surface area (Å²) in [7, 11) is 0. The Balaban J connectivity index is 1.58. The van der Waals surface area contributed by atoms with Gasteiger partial charge in [0.15, 0.2) is 0 Å². The third-order valence-corrected chi connectivity index (χ3v) is 4.52.